The van der Waals surface area contributed by atoms with E-state index in [-0.39, 0.29) is 5.56 Å². The monoisotopic (exact) mass is 162 g/mol. The molecule has 1 aromatic heterocycles. The minimum atomic E-state index is -0.194. The summed E-state index contributed by atoms with van der Waals surface area (Å²) in [6, 6.07) is 1.76. The van der Waals surface area contributed by atoms with Crippen LogP contribution in [0.4, 0.5) is 5.69 Å². The molecule has 0 radical (unpaired) electrons. The van der Waals surface area contributed by atoms with Gasteiger partial charge in [0, 0.05) is 5.69 Å². The normalized spacial score (nSPS) is 14.3. The highest BCUT2D eigenvalue weighted by Gasteiger charge is 2.06. The van der Waals surface area contributed by atoms with Gasteiger partial charge in [-0.3, -0.25) is 4.79 Å². The van der Waals surface area contributed by atoms with Crippen LogP contribution in [0, 0.1) is 0 Å². The third kappa shape index (κ3) is 1.03. The summed E-state index contributed by atoms with van der Waals surface area (Å²) in [5, 5.41) is 0. The van der Waals surface area contributed by atoms with Gasteiger partial charge in [-0.25, -0.2) is 0 Å². The summed E-state index contributed by atoms with van der Waals surface area (Å²) in [5.74, 6) is 0. The molecule has 0 atom stereocenters. The van der Waals surface area contributed by atoms with Gasteiger partial charge in [0.05, 0.1) is 5.69 Å². The molecule has 0 spiro atoms. The van der Waals surface area contributed by atoms with Crippen LogP contribution in [-0.2, 0) is 6.42 Å². The largest absolute Gasteiger partial charge is 0.394 e. The SMILES string of the molecule is Nc1cc2c([nH]c1=O)C=CCC2. The third-order valence-electron chi connectivity index (χ3n) is 2.05. The van der Waals surface area contributed by atoms with Crippen molar-refractivity contribution in [2.75, 3.05) is 5.73 Å². The second-order valence-corrected chi connectivity index (χ2v) is 2.93. The summed E-state index contributed by atoms with van der Waals surface area (Å²) in [6.07, 6.45) is 5.97. The van der Waals surface area contributed by atoms with Gasteiger partial charge in [0.2, 0.25) is 0 Å². The van der Waals surface area contributed by atoms with Gasteiger partial charge >= 0.3 is 0 Å². The predicted molar refractivity (Wildman–Crippen MR) is 48.8 cm³/mol. The maximum absolute atomic E-state index is 11.1. The van der Waals surface area contributed by atoms with Crippen LogP contribution in [0.15, 0.2) is 16.9 Å². The van der Waals surface area contributed by atoms with E-state index in [1.165, 1.54) is 0 Å². The Kier molecular flexibility index (Phi) is 1.50. The Hall–Kier alpha value is -1.51. The number of rotatable bonds is 0. The first-order valence-electron chi connectivity index (χ1n) is 3.95. The van der Waals surface area contributed by atoms with Gasteiger partial charge in [-0.05, 0) is 30.5 Å². The molecular formula is C9H10N2O. The molecule has 2 rings (SSSR count). The zero-order valence-electron chi connectivity index (χ0n) is 6.63. The molecule has 0 unspecified atom stereocenters. The van der Waals surface area contributed by atoms with E-state index in [1.54, 1.807) is 6.07 Å². The minimum Gasteiger partial charge on any atom is -0.394 e. The number of nitrogens with two attached hydrogens (primary N) is 1. The molecule has 1 heterocycles. The average Bonchev–Trinajstić information content (AvgIpc) is 2.07. The standard InChI is InChI=1S/C9H10N2O/c10-7-5-6-3-1-2-4-8(6)11-9(7)12/h2,4-5H,1,3,10H2,(H,11,12). The molecule has 3 N–H and O–H groups in total. The van der Waals surface area contributed by atoms with Gasteiger partial charge in [0.15, 0.2) is 0 Å². The minimum absolute atomic E-state index is 0.194. The summed E-state index contributed by atoms with van der Waals surface area (Å²) in [7, 11) is 0. The van der Waals surface area contributed by atoms with Crippen molar-refractivity contribution in [1.29, 1.82) is 0 Å². The molecular weight excluding hydrogens is 152 g/mol. The van der Waals surface area contributed by atoms with Crippen LogP contribution < -0.4 is 11.3 Å². The molecule has 0 bridgehead atoms. The Morgan fingerprint density at radius 2 is 2.33 bits per heavy atom. The maximum atomic E-state index is 11.1. The highest BCUT2D eigenvalue weighted by Crippen LogP contribution is 2.16. The van der Waals surface area contributed by atoms with Crippen LogP contribution in [0.5, 0.6) is 0 Å². The number of fused-ring (bicyclic) bond motifs is 1. The van der Waals surface area contributed by atoms with Crippen molar-refractivity contribution < 1.29 is 0 Å². The number of pyridine rings is 1. The molecule has 3 nitrogen and oxygen atoms in total. The van der Waals surface area contributed by atoms with Crippen molar-refractivity contribution in [2.24, 2.45) is 0 Å². The van der Waals surface area contributed by atoms with E-state index < -0.39 is 0 Å². The number of allylic oxidation sites excluding steroid dienone is 1. The summed E-state index contributed by atoms with van der Waals surface area (Å²) >= 11 is 0. The highest BCUT2D eigenvalue weighted by atomic mass is 16.1. The van der Waals surface area contributed by atoms with Crippen LogP contribution in [0.2, 0.25) is 0 Å². The van der Waals surface area contributed by atoms with Crippen molar-refractivity contribution in [3.8, 4) is 0 Å². The number of nitrogen functional groups attached to an aromatic ring is 1. The quantitative estimate of drug-likeness (QED) is 0.595. The van der Waals surface area contributed by atoms with Gasteiger partial charge in [0.25, 0.3) is 5.56 Å². The summed E-state index contributed by atoms with van der Waals surface area (Å²) in [4.78, 5) is 13.8. The second kappa shape index (κ2) is 2.52. The molecule has 0 saturated heterocycles. The Labute approximate surface area is 69.9 Å². The molecule has 3 heteroatoms. The summed E-state index contributed by atoms with van der Waals surface area (Å²) in [6.45, 7) is 0. The zero-order valence-corrected chi connectivity index (χ0v) is 6.63. The van der Waals surface area contributed by atoms with Crippen LogP contribution in [-0.4, -0.2) is 4.98 Å². The van der Waals surface area contributed by atoms with E-state index in [0.717, 1.165) is 24.1 Å². The predicted octanol–water partition coefficient (Wildman–Crippen LogP) is 0.917. The van der Waals surface area contributed by atoms with Crippen molar-refractivity contribution >= 4 is 11.8 Å². The Morgan fingerprint density at radius 3 is 3.17 bits per heavy atom. The number of nitrogens with one attached hydrogen (secondary N) is 1. The molecule has 1 aliphatic rings. The van der Waals surface area contributed by atoms with Gasteiger partial charge in [0.1, 0.15) is 0 Å². The summed E-state index contributed by atoms with van der Waals surface area (Å²) < 4.78 is 0. The molecule has 1 aliphatic carbocycles. The van der Waals surface area contributed by atoms with Crippen molar-refractivity contribution in [3.63, 3.8) is 0 Å². The Balaban J connectivity index is 2.66. The number of aromatic nitrogens is 1. The number of H-pyrrole nitrogens is 1. The number of aromatic amines is 1. The van der Waals surface area contributed by atoms with E-state index in [1.807, 2.05) is 6.08 Å². The topological polar surface area (TPSA) is 58.9 Å². The first-order valence-corrected chi connectivity index (χ1v) is 3.95. The first kappa shape index (κ1) is 7.16. The highest BCUT2D eigenvalue weighted by molar-refractivity contribution is 5.55. The van der Waals surface area contributed by atoms with E-state index in [2.05, 4.69) is 11.1 Å². The van der Waals surface area contributed by atoms with Crippen molar-refractivity contribution in [1.82, 2.24) is 4.98 Å². The molecule has 12 heavy (non-hydrogen) atoms. The van der Waals surface area contributed by atoms with Gasteiger partial charge in [-0.2, -0.15) is 0 Å². The fourth-order valence-corrected chi connectivity index (χ4v) is 1.40. The lowest BCUT2D eigenvalue weighted by atomic mass is 10.0. The summed E-state index contributed by atoms with van der Waals surface area (Å²) in [5.41, 5.74) is 7.63. The molecule has 1 aromatic rings. The molecule has 0 aromatic carbocycles. The van der Waals surface area contributed by atoms with E-state index in [4.69, 9.17) is 5.73 Å². The van der Waals surface area contributed by atoms with E-state index in [9.17, 15) is 4.79 Å². The fraction of sp³-hybridized carbons (Fsp3) is 0.222. The van der Waals surface area contributed by atoms with E-state index >= 15 is 0 Å². The fourth-order valence-electron chi connectivity index (χ4n) is 1.40. The molecule has 62 valence electrons. The average molecular weight is 162 g/mol. The smallest absolute Gasteiger partial charge is 0.271 e. The molecule has 0 saturated carbocycles. The lowest BCUT2D eigenvalue weighted by Crippen LogP contribution is -2.15. The Morgan fingerprint density at radius 1 is 1.50 bits per heavy atom. The van der Waals surface area contributed by atoms with Crippen LogP contribution >= 0.6 is 0 Å². The second-order valence-electron chi connectivity index (χ2n) is 2.93. The van der Waals surface area contributed by atoms with Crippen molar-refractivity contribution in [2.45, 2.75) is 12.8 Å². The molecule has 0 aliphatic heterocycles. The number of hydrogen-bond acceptors (Lipinski definition) is 2. The van der Waals surface area contributed by atoms with Gasteiger partial charge < -0.3 is 10.7 Å². The zero-order chi connectivity index (χ0) is 8.55. The Bertz CT molecular complexity index is 390. The molecule has 0 amide bonds. The van der Waals surface area contributed by atoms with Crippen LogP contribution in [0.3, 0.4) is 0 Å². The van der Waals surface area contributed by atoms with Crippen LogP contribution in [0.1, 0.15) is 17.7 Å². The number of hydrogen-bond donors (Lipinski definition) is 2. The maximum Gasteiger partial charge on any atom is 0.271 e. The first-order chi connectivity index (χ1) is 5.77. The van der Waals surface area contributed by atoms with Gasteiger partial charge in [-0.1, -0.05) is 6.08 Å². The lowest BCUT2D eigenvalue weighted by Gasteiger charge is -2.09. The van der Waals surface area contributed by atoms with Crippen molar-refractivity contribution in [3.05, 3.63) is 33.8 Å². The number of anilines is 1. The third-order valence-corrected chi connectivity index (χ3v) is 2.05. The lowest BCUT2D eigenvalue weighted by molar-refractivity contribution is 0.959. The van der Waals surface area contributed by atoms with E-state index in [0.29, 0.717) is 5.69 Å². The number of aryl methyl sites for hydroxylation is 1. The van der Waals surface area contributed by atoms with Crippen LogP contribution in [0.25, 0.3) is 6.08 Å². The molecule has 0 fully saturated rings. The van der Waals surface area contributed by atoms with Gasteiger partial charge in [-0.15, -0.1) is 0 Å².